The number of fused-ring (bicyclic) bond motifs is 1. The number of benzene rings is 1. The normalized spacial score (nSPS) is 16.0. The van der Waals surface area contributed by atoms with Gasteiger partial charge < -0.3 is 19.7 Å². The molecule has 0 atom stereocenters. The Morgan fingerprint density at radius 1 is 1.35 bits per heavy atom. The quantitative estimate of drug-likeness (QED) is 0.893. The molecule has 124 valence electrons. The highest BCUT2D eigenvalue weighted by Gasteiger charge is 2.20. The Morgan fingerprint density at radius 2 is 2.13 bits per heavy atom. The van der Waals surface area contributed by atoms with Crippen LogP contribution >= 0.6 is 0 Å². The van der Waals surface area contributed by atoms with Crippen molar-refractivity contribution in [3.05, 3.63) is 24.1 Å². The second-order valence-corrected chi connectivity index (χ2v) is 5.63. The topological polar surface area (TPSA) is 81.8 Å². The molecule has 1 fully saturated rings. The number of hydrogen-bond acceptors (Lipinski definition) is 5. The molecule has 1 aliphatic rings. The molecule has 1 aliphatic heterocycles. The minimum Gasteiger partial charge on any atom is -0.441 e. The molecular weight excluding hydrogens is 296 g/mol. The van der Waals surface area contributed by atoms with Gasteiger partial charge in [-0.1, -0.05) is 6.92 Å². The molecule has 1 saturated heterocycles. The van der Waals surface area contributed by atoms with Gasteiger partial charge in [0.2, 0.25) is 0 Å². The number of piperazine rings is 1. The summed E-state index contributed by atoms with van der Waals surface area (Å²) in [6.45, 7) is 5.72. The number of nitrogens with zero attached hydrogens (tertiary/aromatic N) is 3. The van der Waals surface area contributed by atoms with E-state index in [-0.39, 0.29) is 12.6 Å². The fourth-order valence-corrected chi connectivity index (χ4v) is 2.72. The molecule has 1 aromatic heterocycles. The number of oxazole rings is 1. The summed E-state index contributed by atoms with van der Waals surface area (Å²) in [7, 11) is 0. The fraction of sp³-hybridized carbons (Fsp3) is 0.500. The van der Waals surface area contributed by atoms with Crippen molar-refractivity contribution in [3.63, 3.8) is 0 Å². The number of hydrogen-bond donors (Lipinski definition) is 2. The molecule has 7 heteroatoms. The second kappa shape index (κ2) is 6.97. The van der Waals surface area contributed by atoms with Crippen LogP contribution < -0.4 is 5.32 Å². The molecule has 23 heavy (non-hydrogen) atoms. The molecule has 3 rings (SSSR count). The molecule has 2 N–H and O–H groups in total. The molecule has 0 radical (unpaired) electrons. The van der Waals surface area contributed by atoms with Crippen LogP contribution in [0.1, 0.15) is 12.8 Å². The largest absolute Gasteiger partial charge is 0.441 e. The molecule has 0 spiro atoms. The lowest BCUT2D eigenvalue weighted by Crippen LogP contribution is -2.50. The van der Waals surface area contributed by atoms with Gasteiger partial charge in [-0.25, -0.2) is 9.78 Å². The highest BCUT2D eigenvalue weighted by molar-refractivity contribution is 5.91. The maximum atomic E-state index is 12.3. The molecule has 2 aromatic rings. The molecule has 0 unspecified atom stereocenters. The van der Waals surface area contributed by atoms with E-state index in [9.17, 15) is 4.79 Å². The molecule has 0 bridgehead atoms. The summed E-state index contributed by atoms with van der Waals surface area (Å²) in [5.41, 5.74) is 2.21. The highest BCUT2D eigenvalue weighted by Crippen LogP contribution is 2.20. The lowest BCUT2D eigenvalue weighted by molar-refractivity contribution is 0.127. The highest BCUT2D eigenvalue weighted by atomic mass is 16.3. The summed E-state index contributed by atoms with van der Waals surface area (Å²) < 4.78 is 5.57. The van der Waals surface area contributed by atoms with Crippen molar-refractivity contribution < 1.29 is 14.3 Å². The fourth-order valence-electron chi connectivity index (χ4n) is 2.72. The van der Waals surface area contributed by atoms with Crippen molar-refractivity contribution in [2.75, 3.05) is 44.6 Å². The molecule has 7 nitrogen and oxygen atoms in total. The van der Waals surface area contributed by atoms with Crippen molar-refractivity contribution in [2.45, 2.75) is 13.3 Å². The smallest absolute Gasteiger partial charge is 0.321 e. The van der Waals surface area contributed by atoms with E-state index in [0.717, 1.165) is 36.3 Å². The van der Waals surface area contributed by atoms with E-state index >= 15 is 0 Å². The average molecular weight is 318 g/mol. The van der Waals surface area contributed by atoms with Crippen LogP contribution in [0.15, 0.2) is 22.6 Å². The Hall–Kier alpha value is -2.12. The summed E-state index contributed by atoms with van der Waals surface area (Å²) in [5.74, 6) is 0.698. The van der Waals surface area contributed by atoms with Crippen molar-refractivity contribution >= 4 is 22.8 Å². The monoisotopic (exact) mass is 318 g/mol. The predicted octanol–water partition coefficient (Wildman–Crippen LogP) is 1.53. The zero-order valence-corrected chi connectivity index (χ0v) is 13.3. The van der Waals surface area contributed by atoms with Crippen molar-refractivity contribution in [1.29, 1.82) is 0 Å². The van der Waals surface area contributed by atoms with Crippen LogP contribution in [0.3, 0.4) is 0 Å². The summed E-state index contributed by atoms with van der Waals surface area (Å²) in [4.78, 5) is 20.7. The number of β-amino-alcohol motifs (C(OH)–C–C–N with tert-alkyl or cyclic N) is 1. The minimum atomic E-state index is -0.104. The van der Waals surface area contributed by atoms with Crippen molar-refractivity contribution in [3.8, 4) is 0 Å². The van der Waals surface area contributed by atoms with E-state index in [1.165, 1.54) is 0 Å². The molecule has 1 aromatic carbocycles. The lowest BCUT2D eigenvalue weighted by Gasteiger charge is -2.34. The predicted molar refractivity (Wildman–Crippen MR) is 87.5 cm³/mol. The van der Waals surface area contributed by atoms with E-state index in [4.69, 9.17) is 9.52 Å². The van der Waals surface area contributed by atoms with Crippen LogP contribution in [0.4, 0.5) is 10.5 Å². The Balaban J connectivity index is 1.61. The maximum Gasteiger partial charge on any atom is 0.321 e. The van der Waals surface area contributed by atoms with Gasteiger partial charge in [-0.3, -0.25) is 4.90 Å². The number of carbonyl (C=O) groups excluding carboxylic acids is 1. The van der Waals surface area contributed by atoms with Gasteiger partial charge in [0, 0.05) is 44.8 Å². The van der Waals surface area contributed by atoms with E-state index in [2.05, 4.69) is 15.2 Å². The van der Waals surface area contributed by atoms with Gasteiger partial charge in [0.15, 0.2) is 11.5 Å². The summed E-state index contributed by atoms with van der Waals surface area (Å²) in [5, 5.41) is 11.9. The maximum absolute atomic E-state index is 12.3. The number of urea groups is 1. The first-order valence-electron chi connectivity index (χ1n) is 7.98. The number of aryl methyl sites for hydroxylation is 1. The lowest BCUT2D eigenvalue weighted by atomic mass is 10.3. The standard InChI is InChI=1S/C16H22N4O3/c1-2-15-18-13-11-12(3-4-14(13)23-15)17-16(22)20-7-5-19(6-8-20)9-10-21/h3-4,11,21H,2,5-10H2,1H3,(H,17,22). The first-order chi connectivity index (χ1) is 11.2. The van der Waals surface area contributed by atoms with Crippen LogP contribution in [-0.2, 0) is 6.42 Å². The third-order valence-corrected chi connectivity index (χ3v) is 4.06. The number of aromatic nitrogens is 1. The number of amides is 2. The summed E-state index contributed by atoms with van der Waals surface area (Å²) in [6.07, 6.45) is 0.745. The van der Waals surface area contributed by atoms with Gasteiger partial charge in [0.05, 0.1) is 6.61 Å². The van der Waals surface area contributed by atoms with E-state index < -0.39 is 0 Å². The van der Waals surface area contributed by atoms with Gasteiger partial charge in [-0.2, -0.15) is 0 Å². The third-order valence-electron chi connectivity index (χ3n) is 4.06. The van der Waals surface area contributed by atoms with Crippen molar-refractivity contribution in [2.24, 2.45) is 0 Å². The average Bonchev–Trinajstić information content (AvgIpc) is 2.98. The van der Waals surface area contributed by atoms with Gasteiger partial charge in [-0.05, 0) is 18.2 Å². The number of rotatable bonds is 4. The molecule has 2 heterocycles. The zero-order chi connectivity index (χ0) is 16.2. The Bertz CT molecular complexity index is 677. The van der Waals surface area contributed by atoms with E-state index in [1.54, 1.807) is 4.90 Å². The van der Waals surface area contributed by atoms with E-state index in [0.29, 0.717) is 25.5 Å². The van der Waals surface area contributed by atoms with Crippen LogP contribution in [0.25, 0.3) is 11.1 Å². The summed E-state index contributed by atoms with van der Waals surface area (Å²) in [6, 6.07) is 5.38. The zero-order valence-electron chi connectivity index (χ0n) is 13.3. The number of carbonyl (C=O) groups is 1. The Labute approximate surface area is 134 Å². The van der Waals surface area contributed by atoms with Crippen molar-refractivity contribution in [1.82, 2.24) is 14.8 Å². The molecular formula is C16H22N4O3. The number of aliphatic hydroxyl groups excluding tert-OH is 1. The Morgan fingerprint density at radius 3 is 2.83 bits per heavy atom. The first-order valence-corrected chi connectivity index (χ1v) is 7.98. The first kappa shape index (κ1) is 15.8. The summed E-state index contributed by atoms with van der Waals surface area (Å²) >= 11 is 0. The SMILES string of the molecule is CCc1nc2cc(NC(=O)N3CCN(CCO)CC3)ccc2o1. The van der Waals surface area contributed by atoms with Gasteiger partial charge in [0.1, 0.15) is 5.52 Å². The van der Waals surface area contributed by atoms with Crippen LogP contribution in [0, 0.1) is 0 Å². The molecule has 2 amide bonds. The van der Waals surface area contributed by atoms with Crippen LogP contribution in [0.5, 0.6) is 0 Å². The number of aliphatic hydroxyl groups is 1. The number of nitrogens with one attached hydrogen (secondary N) is 1. The third kappa shape index (κ3) is 3.62. The Kier molecular flexibility index (Phi) is 4.78. The van der Waals surface area contributed by atoms with Gasteiger partial charge in [0.25, 0.3) is 0 Å². The number of anilines is 1. The van der Waals surface area contributed by atoms with Gasteiger partial charge >= 0.3 is 6.03 Å². The second-order valence-electron chi connectivity index (χ2n) is 5.63. The molecule has 0 saturated carbocycles. The molecule has 0 aliphatic carbocycles. The minimum absolute atomic E-state index is 0.104. The van der Waals surface area contributed by atoms with Crippen LogP contribution in [-0.4, -0.2) is 65.3 Å². The van der Waals surface area contributed by atoms with Crippen LogP contribution in [0.2, 0.25) is 0 Å². The van der Waals surface area contributed by atoms with E-state index in [1.807, 2.05) is 25.1 Å². The van der Waals surface area contributed by atoms with Gasteiger partial charge in [-0.15, -0.1) is 0 Å².